The number of hydrogen-bond donors (Lipinski definition) is 1. The summed E-state index contributed by atoms with van der Waals surface area (Å²) in [5.41, 5.74) is 7.88. The van der Waals surface area contributed by atoms with Crippen LogP contribution in [0.3, 0.4) is 0 Å². The standard InChI is InChI=1S/C15H15ClFNO/c1-10-2-5-15(13(16)6-10)19-9-11-3-4-14(17)12(7-11)8-18/h2-7H,8-9,18H2,1H3. The Bertz CT molecular complexity index is 586. The fourth-order valence-electron chi connectivity index (χ4n) is 1.76. The molecule has 2 aromatic rings. The highest BCUT2D eigenvalue weighted by molar-refractivity contribution is 6.32. The van der Waals surface area contributed by atoms with E-state index in [4.69, 9.17) is 22.1 Å². The van der Waals surface area contributed by atoms with Gasteiger partial charge in [0.15, 0.2) is 0 Å². The molecule has 0 heterocycles. The van der Waals surface area contributed by atoms with Gasteiger partial charge in [0.1, 0.15) is 18.2 Å². The molecule has 2 N–H and O–H groups in total. The van der Waals surface area contributed by atoms with E-state index in [0.29, 0.717) is 22.9 Å². The first-order chi connectivity index (χ1) is 9.10. The van der Waals surface area contributed by atoms with Crippen LogP contribution in [0.15, 0.2) is 36.4 Å². The Labute approximate surface area is 117 Å². The molecule has 0 aliphatic rings. The molecule has 0 aliphatic heterocycles. The fourth-order valence-corrected chi connectivity index (χ4v) is 2.05. The summed E-state index contributed by atoms with van der Waals surface area (Å²) >= 11 is 6.07. The number of ether oxygens (including phenoxy) is 1. The molecule has 100 valence electrons. The lowest BCUT2D eigenvalue weighted by molar-refractivity contribution is 0.306. The number of hydrogen-bond acceptors (Lipinski definition) is 2. The molecular formula is C15H15ClFNO. The largest absolute Gasteiger partial charge is 0.487 e. The normalized spacial score (nSPS) is 10.5. The molecule has 0 saturated carbocycles. The topological polar surface area (TPSA) is 35.2 Å². The smallest absolute Gasteiger partial charge is 0.138 e. The summed E-state index contributed by atoms with van der Waals surface area (Å²) in [7, 11) is 0. The van der Waals surface area contributed by atoms with Crippen LogP contribution in [0, 0.1) is 12.7 Å². The SMILES string of the molecule is Cc1ccc(OCc2ccc(F)c(CN)c2)c(Cl)c1. The lowest BCUT2D eigenvalue weighted by atomic mass is 10.1. The minimum absolute atomic E-state index is 0.172. The maximum Gasteiger partial charge on any atom is 0.138 e. The Balaban J connectivity index is 2.10. The quantitative estimate of drug-likeness (QED) is 0.923. The van der Waals surface area contributed by atoms with Gasteiger partial charge in [-0.05, 0) is 42.3 Å². The number of aryl methyl sites for hydroxylation is 1. The Morgan fingerprint density at radius 3 is 2.68 bits per heavy atom. The van der Waals surface area contributed by atoms with Crippen LogP contribution in [0.4, 0.5) is 4.39 Å². The Hall–Kier alpha value is -1.58. The van der Waals surface area contributed by atoms with Crippen molar-refractivity contribution >= 4 is 11.6 Å². The molecule has 2 rings (SSSR count). The first kappa shape index (κ1) is 13.8. The summed E-state index contributed by atoms with van der Waals surface area (Å²) in [6.45, 7) is 2.46. The van der Waals surface area contributed by atoms with Crippen molar-refractivity contribution in [3.63, 3.8) is 0 Å². The van der Waals surface area contributed by atoms with Crippen LogP contribution in [-0.2, 0) is 13.2 Å². The van der Waals surface area contributed by atoms with Crippen LogP contribution in [0.2, 0.25) is 5.02 Å². The van der Waals surface area contributed by atoms with Gasteiger partial charge in [-0.1, -0.05) is 23.7 Å². The summed E-state index contributed by atoms with van der Waals surface area (Å²) in [6.07, 6.45) is 0. The monoisotopic (exact) mass is 279 g/mol. The van der Waals surface area contributed by atoms with Crippen LogP contribution >= 0.6 is 11.6 Å². The van der Waals surface area contributed by atoms with Crippen molar-refractivity contribution in [2.24, 2.45) is 5.73 Å². The average Bonchev–Trinajstić information content (AvgIpc) is 2.39. The van der Waals surface area contributed by atoms with Crippen molar-refractivity contribution in [3.8, 4) is 5.75 Å². The van der Waals surface area contributed by atoms with E-state index < -0.39 is 0 Å². The molecule has 4 heteroatoms. The lowest BCUT2D eigenvalue weighted by Gasteiger charge is -2.10. The van der Waals surface area contributed by atoms with Gasteiger partial charge in [0.25, 0.3) is 0 Å². The number of halogens is 2. The zero-order valence-electron chi connectivity index (χ0n) is 10.6. The Morgan fingerprint density at radius 2 is 2.00 bits per heavy atom. The van der Waals surface area contributed by atoms with Crippen LogP contribution < -0.4 is 10.5 Å². The van der Waals surface area contributed by atoms with Gasteiger partial charge in [-0.25, -0.2) is 4.39 Å². The highest BCUT2D eigenvalue weighted by Gasteiger charge is 2.05. The van der Waals surface area contributed by atoms with E-state index in [1.807, 2.05) is 25.1 Å². The van der Waals surface area contributed by atoms with E-state index in [1.54, 1.807) is 12.1 Å². The van der Waals surface area contributed by atoms with E-state index in [9.17, 15) is 4.39 Å². The van der Waals surface area contributed by atoms with Crippen molar-refractivity contribution in [2.75, 3.05) is 0 Å². The van der Waals surface area contributed by atoms with Crippen LogP contribution in [-0.4, -0.2) is 0 Å². The predicted molar refractivity (Wildman–Crippen MR) is 74.8 cm³/mol. The Morgan fingerprint density at radius 1 is 1.21 bits per heavy atom. The van der Waals surface area contributed by atoms with Gasteiger partial charge in [-0.3, -0.25) is 0 Å². The van der Waals surface area contributed by atoms with E-state index in [0.717, 1.165) is 11.1 Å². The van der Waals surface area contributed by atoms with Crippen LogP contribution in [0.5, 0.6) is 5.75 Å². The van der Waals surface area contributed by atoms with Crippen molar-refractivity contribution < 1.29 is 9.13 Å². The molecule has 2 aromatic carbocycles. The molecule has 0 atom stereocenters. The lowest BCUT2D eigenvalue weighted by Crippen LogP contribution is -2.03. The molecular weight excluding hydrogens is 265 g/mol. The molecule has 0 aliphatic carbocycles. The molecule has 19 heavy (non-hydrogen) atoms. The molecule has 0 saturated heterocycles. The number of rotatable bonds is 4. The molecule has 0 fully saturated rings. The fraction of sp³-hybridized carbons (Fsp3) is 0.200. The summed E-state index contributed by atoms with van der Waals surface area (Å²) in [5, 5.41) is 0.571. The molecule has 0 radical (unpaired) electrons. The van der Waals surface area contributed by atoms with Crippen LogP contribution in [0.1, 0.15) is 16.7 Å². The van der Waals surface area contributed by atoms with Gasteiger partial charge in [0, 0.05) is 12.1 Å². The highest BCUT2D eigenvalue weighted by atomic mass is 35.5. The first-order valence-electron chi connectivity index (χ1n) is 5.96. The molecule has 0 amide bonds. The summed E-state index contributed by atoms with van der Waals surface area (Å²) < 4.78 is 18.9. The second kappa shape index (κ2) is 6.04. The van der Waals surface area contributed by atoms with Gasteiger partial charge in [-0.15, -0.1) is 0 Å². The second-order valence-electron chi connectivity index (χ2n) is 4.35. The third kappa shape index (κ3) is 3.46. The minimum atomic E-state index is -0.292. The van der Waals surface area contributed by atoms with E-state index >= 15 is 0 Å². The zero-order chi connectivity index (χ0) is 13.8. The van der Waals surface area contributed by atoms with Gasteiger partial charge < -0.3 is 10.5 Å². The maximum atomic E-state index is 13.3. The van der Waals surface area contributed by atoms with E-state index in [-0.39, 0.29) is 12.4 Å². The van der Waals surface area contributed by atoms with Gasteiger partial charge in [-0.2, -0.15) is 0 Å². The maximum absolute atomic E-state index is 13.3. The van der Waals surface area contributed by atoms with Crippen LogP contribution in [0.25, 0.3) is 0 Å². The van der Waals surface area contributed by atoms with Gasteiger partial charge >= 0.3 is 0 Å². The molecule has 0 bridgehead atoms. The molecule has 2 nitrogen and oxygen atoms in total. The van der Waals surface area contributed by atoms with Crippen molar-refractivity contribution in [1.29, 1.82) is 0 Å². The summed E-state index contributed by atoms with van der Waals surface area (Å²) in [4.78, 5) is 0. The first-order valence-corrected chi connectivity index (χ1v) is 6.34. The second-order valence-corrected chi connectivity index (χ2v) is 4.76. The van der Waals surface area contributed by atoms with Gasteiger partial charge in [0.05, 0.1) is 5.02 Å². The Kier molecular flexibility index (Phi) is 4.40. The minimum Gasteiger partial charge on any atom is -0.487 e. The average molecular weight is 280 g/mol. The molecule has 0 spiro atoms. The van der Waals surface area contributed by atoms with Crippen molar-refractivity contribution in [3.05, 3.63) is 63.9 Å². The summed E-state index contributed by atoms with van der Waals surface area (Å²) in [6, 6.07) is 10.4. The van der Waals surface area contributed by atoms with Crippen molar-refractivity contribution in [1.82, 2.24) is 0 Å². The third-order valence-corrected chi connectivity index (χ3v) is 3.11. The van der Waals surface area contributed by atoms with Crippen molar-refractivity contribution in [2.45, 2.75) is 20.1 Å². The molecule has 0 aromatic heterocycles. The predicted octanol–water partition coefficient (Wildman–Crippen LogP) is 3.83. The summed E-state index contributed by atoms with van der Waals surface area (Å²) in [5.74, 6) is 0.325. The molecule has 0 unspecified atom stereocenters. The number of benzene rings is 2. The zero-order valence-corrected chi connectivity index (χ0v) is 11.4. The van der Waals surface area contributed by atoms with E-state index in [1.165, 1.54) is 6.07 Å². The van der Waals surface area contributed by atoms with Gasteiger partial charge in [0.2, 0.25) is 0 Å². The number of nitrogens with two attached hydrogens (primary N) is 1. The highest BCUT2D eigenvalue weighted by Crippen LogP contribution is 2.26. The third-order valence-electron chi connectivity index (χ3n) is 2.81. The van der Waals surface area contributed by atoms with E-state index in [2.05, 4.69) is 0 Å².